The van der Waals surface area contributed by atoms with Gasteiger partial charge in [-0.25, -0.2) is 4.39 Å². The van der Waals surface area contributed by atoms with Gasteiger partial charge in [-0.2, -0.15) is 4.68 Å². The Hall–Kier alpha value is -2.73. The van der Waals surface area contributed by atoms with Gasteiger partial charge in [0.2, 0.25) is 0 Å². The maximum atomic E-state index is 13.1. The van der Waals surface area contributed by atoms with Gasteiger partial charge in [0.15, 0.2) is 5.82 Å². The van der Waals surface area contributed by atoms with Crippen molar-refractivity contribution in [3.8, 4) is 5.69 Å². The first-order chi connectivity index (χ1) is 10.7. The number of nitrogens with zero attached hydrogens (tertiary/aromatic N) is 4. The van der Waals surface area contributed by atoms with E-state index in [0.717, 1.165) is 5.69 Å². The average molecular weight is 316 g/mol. The molecule has 0 spiro atoms. The Morgan fingerprint density at radius 3 is 2.73 bits per heavy atom. The predicted molar refractivity (Wildman–Crippen MR) is 83.2 cm³/mol. The van der Waals surface area contributed by atoms with Crippen LogP contribution in [0.5, 0.6) is 0 Å². The highest BCUT2D eigenvalue weighted by atomic mass is 35.5. The molecule has 0 amide bonds. The van der Waals surface area contributed by atoms with Crippen molar-refractivity contribution in [2.75, 3.05) is 5.32 Å². The molecule has 0 aliphatic carbocycles. The number of tetrazole rings is 1. The third kappa shape index (κ3) is 3.12. The molecule has 3 rings (SSSR count). The molecule has 1 N–H and O–H groups in total. The maximum absolute atomic E-state index is 13.1. The first-order valence-electron chi connectivity index (χ1n) is 6.46. The van der Waals surface area contributed by atoms with Crippen LogP contribution in [-0.2, 0) is 0 Å². The Balaban J connectivity index is 1.76. The number of nitrogens with one attached hydrogen (secondary N) is 1. The molecule has 0 bridgehead atoms. The molecule has 110 valence electrons. The number of aromatic nitrogens is 4. The second kappa shape index (κ2) is 6.36. The molecule has 0 aliphatic heterocycles. The van der Waals surface area contributed by atoms with Gasteiger partial charge >= 0.3 is 0 Å². The van der Waals surface area contributed by atoms with Crippen molar-refractivity contribution in [1.29, 1.82) is 0 Å². The zero-order valence-electron chi connectivity index (χ0n) is 11.3. The molecule has 1 heterocycles. The molecule has 0 unspecified atom stereocenters. The fourth-order valence-corrected chi connectivity index (χ4v) is 2.03. The monoisotopic (exact) mass is 315 g/mol. The third-order valence-corrected chi connectivity index (χ3v) is 3.19. The summed E-state index contributed by atoms with van der Waals surface area (Å²) in [7, 11) is 0. The normalized spacial score (nSPS) is 11.0. The lowest BCUT2D eigenvalue weighted by Gasteiger charge is -2.02. The number of hydrogen-bond acceptors (Lipinski definition) is 4. The van der Waals surface area contributed by atoms with Gasteiger partial charge in [-0.3, -0.25) is 0 Å². The van der Waals surface area contributed by atoms with Crippen LogP contribution in [0, 0.1) is 5.82 Å². The van der Waals surface area contributed by atoms with E-state index in [4.69, 9.17) is 11.6 Å². The highest BCUT2D eigenvalue weighted by molar-refractivity contribution is 6.31. The van der Waals surface area contributed by atoms with E-state index in [9.17, 15) is 4.39 Å². The lowest BCUT2D eigenvalue weighted by Crippen LogP contribution is -1.99. The summed E-state index contributed by atoms with van der Waals surface area (Å²) in [6.07, 6.45) is 3.37. The minimum Gasteiger partial charge on any atom is -0.362 e. The molecule has 22 heavy (non-hydrogen) atoms. The van der Waals surface area contributed by atoms with E-state index in [1.165, 1.54) is 12.1 Å². The van der Waals surface area contributed by atoms with E-state index >= 15 is 0 Å². The Kier molecular flexibility index (Phi) is 4.11. The number of para-hydroxylation sites is 1. The standard InChI is InChI=1S/C15H11ClFN5/c16-13-10-11(6-7-14(13)17)18-9-8-15-19-20-21-22(15)12-4-2-1-3-5-12/h1-10,18H. The topological polar surface area (TPSA) is 55.6 Å². The van der Waals surface area contributed by atoms with Gasteiger partial charge < -0.3 is 5.32 Å². The van der Waals surface area contributed by atoms with Gasteiger partial charge in [0, 0.05) is 18.0 Å². The molecular weight excluding hydrogens is 305 g/mol. The summed E-state index contributed by atoms with van der Waals surface area (Å²) in [6.45, 7) is 0. The maximum Gasteiger partial charge on any atom is 0.181 e. The van der Waals surface area contributed by atoms with Crippen LogP contribution in [-0.4, -0.2) is 20.2 Å². The first kappa shape index (κ1) is 14.2. The van der Waals surface area contributed by atoms with Crippen LogP contribution < -0.4 is 5.32 Å². The van der Waals surface area contributed by atoms with Crippen molar-refractivity contribution in [1.82, 2.24) is 20.2 Å². The van der Waals surface area contributed by atoms with Crippen LogP contribution in [0.4, 0.5) is 10.1 Å². The van der Waals surface area contributed by atoms with Crippen molar-refractivity contribution < 1.29 is 4.39 Å². The van der Waals surface area contributed by atoms with Gasteiger partial charge in [0.25, 0.3) is 0 Å². The second-order valence-electron chi connectivity index (χ2n) is 4.39. The van der Waals surface area contributed by atoms with Crippen molar-refractivity contribution in [3.05, 3.63) is 71.4 Å². The smallest absolute Gasteiger partial charge is 0.181 e. The zero-order chi connectivity index (χ0) is 15.4. The van der Waals surface area contributed by atoms with Crippen LogP contribution >= 0.6 is 11.6 Å². The predicted octanol–water partition coefficient (Wildman–Crippen LogP) is 3.54. The highest BCUT2D eigenvalue weighted by Gasteiger charge is 2.04. The lowest BCUT2D eigenvalue weighted by molar-refractivity contribution is 0.628. The Morgan fingerprint density at radius 2 is 1.95 bits per heavy atom. The number of hydrogen-bond donors (Lipinski definition) is 1. The number of halogens is 2. The van der Waals surface area contributed by atoms with E-state index in [1.54, 1.807) is 23.0 Å². The molecule has 0 aliphatic rings. The molecule has 0 saturated carbocycles. The Labute approximate surface area is 131 Å². The van der Waals surface area contributed by atoms with Gasteiger partial charge in [-0.1, -0.05) is 29.8 Å². The quantitative estimate of drug-likeness (QED) is 0.800. The van der Waals surface area contributed by atoms with Crippen LogP contribution in [0.25, 0.3) is 11.8 Å². The molecule has 5 nitrogen and oxygen atoms in total. The molecule has 0 radical (unpaired) electrons. The van der Waals surface area contributed by atoms with Gasteiger partial charge in [-0.15, -0.1) is 5.10 Å². The summed E-state index contributed by atoms with van der Waals surface area (Å²) >= 11 is 5.72. The molecule has 7 heteroatoms. The van der Waals surface area contributed by atoms with Gasteiger partial charge in [0.1, 0.15) is 5.82 Å². The fraction of sp³-hybridized carbons (Fsp3) is 0. The molecule has 0 atom stereocenters. The second-order valence-corrected chi connectivity index (χ2v) is 4.80. The molecule has 0 saturated heterocycles. The molecule has 0 fully saturated rings. The van der Waals surface area contributed by atoms with Gasteiger partial charge in [-0.05, 0) is 40.8 Å². The summed E-state index contributed by atoms with van der Waals surface area (Å²) in [5.74, 6) is 0.108. The summed E-state index contributed by atoms with van der Waals surface area (Å²) in [5.41, 5.74) is 1.53. The third-order valence-electron chi connectivity index (χ3n) is 2.90. The molecule has 1 aromatic heterocycles. The van der Waals surface area contributed by atoms with Crippen molar-refractivity contribution in [2.24, 2.45) is 0 Å². The van der Waals surface area contributed by atoms with Gasteiger partial charge in [0.05, 0.1) is 10.7 Å². The lowest BCUT2D eigenvalue weighted by atomic mass is 10.3. The largest absolute Gasteiger partial charge is 0.362 e. The van der Waals surface area contributed by atoms with Crippen molar-refractivity contribution in [3.63, 3.8) is 0 Å². The number of rotatable bonds is 4. The first-order valence-corrected chi connectivity index (χ1v) is 6.84. The van der Waals surface area contributed by atoms with E-state index in [2.05, 4.69) is 20.8 Å². The van der Waals surface area contributed by atoms with Crippen LogP contribution in [0.3, 0.4) is 0 Å². The molecule has 3 aromatic rings. The average Bonchev–Trinajstić information content (AvgIpc) is 3.00. The summed E-state index contributed by atoms with van der Waals surface area (Å²) in [5, 5.41) is 14.6. The summed E-state index contributed by atoms with van der Waals surface area (Å²) in [4.78, 5) is 0. The summed E-state index contributed by atoms with van der Waals surface area (Å²) in [6, 6.07) is 13.9. The summed E-state index contributed by atoms with van der Waals surface area (Å²) < 4.78 is 14.7. The fourth-order valence-electron chi connectivity index (χ4n) is 1.85. The van der Waals surface area contributed by atoms with Crippen LogP contribution in [0.1, 0.15) is 5.82 Å². The Morgan fingerprint density at radius 1 is 1.14 bits per heavy atom. The number of anilines is 1. The van der Waals surface area contributed by atoms with E-state index in [0.29, 0.717) is 11.5 Å². The number of benzene rings is 2. The molecule has 2 aromatic carbocycles. The van der Waals surface area contributed by atoms with E-state index < -0.39 is 5.82 Å². The van der Waals surface area contributed by atoms with E-state index in [-0.39, 0.29) is 5.02 Å². The Bertz CT molecular complexity index is 801. The minimum absolute atomic E-state index is 0.0625. The molecular formula is C15H11ClFN5. The van der Waals surface area contributed by atoms with Crippen molar-refractivity contribution >= 4 is 23.4 Å². The van der Waals surface area contributed by atoms with Crippen molar-refractivity contribution in [2.45, 2.75) is 0 Å². The highest BCUT2D eigenvalue weighted by Crippen LogP contribution is 2.19. The van der Waals surface area contributed by atoms with Crippen LogP contribution in [0.15, 0.2) is 54.7 Å². The SMILES string of the molecule is Fc1ccc(NC=Cc2nnnn2-c2ccccc2)cc1Cl. The van der Waals surface area contributed by atoms with Crippen LogP contribution in [0.2, 0.25) is 5.02 Å². The zero-order valence-corrected chi connectivity index (χ0v) is 12.1. The van der Waals surface area contributed by atoms with E-state index in [1.807, 2.05) is 30.3 Å². The minimum atomic E-state index is -0.454.